The molecule has 1 atom stereocenters. The minimum absolute atomic E-state index is 0.150. The summed E-state index contributed by atoms with van der Waals surface area (Å²) >= 11 is 6.15. The first-order chi connectivity index (χ1) is 15.8. The van der Waals surface area contributed by atoms with Gasteiger partial charge in [0.25, 0.3) is 11.7 Å². The molecule has 0 spiro atoms. The number of benzene rings is 2. The molecule has 33 heavy (non-hydrogen) atoms. The van der Waals surface area contributed by atoms with Gasteiger partial charge in [-0.3, -0.25) is 9.59 Å². The first kappa shape index (κ1) is 24.7. The van der Waals surface area contributed by atoms with Crippen molar-refractivity contribution in [3.63, 3.8) is 0 Å². The van der Waals surface area contributed by atoms with E-state index in [1.807, 2.05) is 13.8 Å². The van der Waals surface area contributed by atoms with Crippen LogP contribution in [0.4, 0.5) is 4.39 Å². The maximum Gasteiger partial charge on any atom is 0.295 e. The summed E-state index contributed by atoms with van der Waals surface area (Å²) in [6.07, 6.45) is 0. The lowest BCUT2D eigenvalue weighted by Gasteiger charge is -2.28. The second-order valence-electron chi connectivity index (χ2n) is 7.62. The van der Waals surface area contributed by atoms with Crippen molar-refractivity contribution in [3.05, 3.63) is 70.0 Å². The molecule has 0 bridgehead atoms. The molecule has 2 aromatic rings. The van der Waals surface area contributed by atoms with Crippen molar-refractivity contribution >= 4 is 29.1 Å². The number of aliphatic hydroxyl groups excluding tert-OH is 1. The smallest absolute Gasteiger partial charge is 0.295 e. The lowest BCUT2D eigenvalue weighted by atomic mass is 9.95. The van der Waals surface area contributed by atoms with Crippen LogP contribution in [0.1, 0.15) is 37.9 Å². The van der Waals surface area contributed by atoms with E-state index >= 15 is 0 Å². The summed E-state index contributed by atoms with van der Waals surface area (Å²) in [7, 11) is 0. The summed E-state index contributed by atoms with van der Waals surface area (Å²) in [5.41, 5.74) is 0.247. The van der Waals surface area contributed by atoms with E-state index < -0.39 is 29.3 Å². The second kappa shape index (κ2) is 10.8. The zero-order valence-corrected chi connectivity index (χ0v) is 19.7. The normalized spacial score (nSPS) is 17.8. The van der Waals surface area contributed by atoms with E-state index in [-0.39, 0.29) is 23.2 Å². The Kier molecular flexibility index (Phi) is 8.10. The summed E-state index contributed by atoms with van der Waals surface area (Å²) in [6, 6.07) is 9.49. The number of rotatable bonds is 9. The number of likely N-dealkylation sites (N-methyl/N-ethyl adjacent to an activating group) is 1. The number of likely N-dealkylation sites (tertiary alicyclic amines) is 1. The van der Waals surface area contributed by atoms with Crippen molar-refractivity contribution in [2.45, 2.75) is 26.8 Å². The first-order valence-corrected chi connectivity index (χ1v) is 11.4. The average Bonchev–Trinajstić information content (AvgIpc) is 3.06. The van der Waals surface area contributed by atoms with Crippen LogP contribution in [0.5, 0.6) is 5.75 Å². The van der Waals surface area contributed by atoms with Crippen LogP contribution < -0.4 is 4.74 Å². The molecule has 176 valence electrons. The first-order valence-electron chi connectivity index (χ1n) is 11.0. The van der Waals surface area contributed by atoms with Crippen LogP contribution in [0.25, 0.3) is 5.76 Å². The van der Waals surface area contributed by atoms with Crippen LogP contribution in [0.15, 0.2) is 48.0 Å². The molecule has 1 unspecified atom stereocenters. The van der Waals surface area contributed by atoms with Crippen LogP contribution in [0.2, 0.25) is 5.02 Å². The fraction of sp³-hybridized carbons (Fsp3) is 0.360. The Hall–Kier alpha value is -2.90. The van der Waals surface area contributed by atoms with Gasteiger partial charge in [-0.05, 0) is 44.3 Å². The molecule has 1 aliphatic heterocycles. The van der Waals surface area contributed by atoms with Gasteiger partial charge in [-0.2, -0.15) is 0 Å². The topological polar surface area (TPSA) is 70.1 Å². The van der Waals surface area contributed by atoms with Gasteiger partial charge >= 0.3 is 0 Å². The van der Waals surface area contributed by atoms with Crippen molar-refractivity contribution in [1.82, 2.24) is 9.80 Å². The number of Topliss-reactive ketones (excluding diaryl/α,β-unsaturated/α-hetero) is 1. The summed E-state index contributed by atoms with van der Waals surface area (Å²) in [5.74, 6) is -2.25. The molecule has 1 N–H and O–H groups in total. The van der Waals surface area contributed by atoms with Gasteiger partial charge in [-0.15, -0.1) is 0 Å². The number of hydrogen-bond donors (Lipinski definition) is 1. The highest BCUT2D eigenvalue weighted by Gasteiger charge is 2.46. The van der Waals surface area contributed by atoms with Crippen LogP contribution in [0, 0.1) is 5.82 Å². The summed E-state index contributed by atoms with van der Waals surface area (Å²) in [6.45, 7) is 8.43. The van der Waals surface area contributed by atoms with Crippen LogP contribution in [0.3, 0.4) is 0 Å². The maximum atomic E-state index is 14.9. The van der Waals surface area contributed by atoms with Crippen molar-refractivity contribution < 1.29 is 23.8 Å². The van der Waals surface area contributed by atoms with Crippen LogP contribution >= 0.6 is 11.6 Å². The Balaban J connectivity index is 2.14. The number of halogens is 2. The van der Waals surface area contributed by atoms with E-state index in [0.29, 0.717) is 23.9 Å². The van der Waals surface area contributed by atoms with Gasteiger partial charge in [0.1, 0.15) is 17.3 Å². The number of aliphatic hydroxyl groups is 1. The molecule has 0 aromatic heterocycles. The number of ether oxygens (including phenoxy) is 1. The van der Waals surface area contributed by atoms with Gasteiger partial charge in [0.2, 0.25) is 0 Å². The van der Waals surface area contributed by atoms with Gasteiger partial charge in [0.15, 0.2) is 0 Å². The molecule has 1 amide bonds. The molecular formula is C25H28ClFN2O4. The molecule has 0 radical (unpaired) electrons. The minimum atomic E-state index is -1.05. The van der Waals surface area contributed by atoms with Crippen molar-refractivity contribution in [2.75, 3.05) is 32.8 Å². The molecule has 2 aromatic carbocycles. The van der Waals surface area contributed by atoms with Crippen LogP contribution in [-0.2, 0) is 9.59 Å². The molecule has 1 aliphatic rings. The standard InChI is InChI=1S/C25H28ClFN2O4/c1-4-28(5-2)13-14-29-22(17-9-7-8-10-19(17)27)21(24(31)25(29)32)23(30)16-11-12-18(26)20(15-16)33-6-3/h7-12,15,22,30H,4-6,13-14H2,1-3H3/b23-21+. The number of carbonyl (C=O) groups excluding carboxylic acids is 2. The molecule has 6 nitrogen and oxygen atoms in total. The number of hydrogen-bond acceptors (Lipinski definition) is 5. The molecule has 1 heterocycles. The maximum absolute atomic E-state index is 14.9. The van der Waals surface area contributed by atoms with E-state index in [1.54, 1.807) is 13.0 Å². The van der Waals surface area contributed by atoms with Gasteiger partial charge in [0.05, 0.1) is 23.2 Å². The zero-order valence-electron chi connectivity index (χ0n) is 19.0. The molecule has 0 saturated carbocycles. The highest BCUT2D eigenvalue weighted by molar-refractivity contribution is 6.46. The Morgan fingerprint density at radius 1 is 1.15 bits per heavy atom. The molecule has 8 heteroatoms. The monoisotopic (exact) mass is 474 g/mol. The summed E-state index contributed by atoms with van der Waals surface area (Å²) in [4.78, 5) is 29.5. The van der Waals surface area contributed by atoms with E-state index in [9.17, 15) is 19.1 Å². The molecule has 3 rings (SSSR count). The molecule has 1 fully saturated rings. The molecular weight excluding hydrogens is 447 g/mol. The SMILES string of the molecule is CCOc1cc(/C(O)=C2\C(=O)C(=O)N(CCN(CC)CC)C2c2ccccc2F)ccc1Cl. The van der Waals surface area contributed by atoms with E-state index in [1.165, 1.54) is 41.3 Å². The van der Waals surface area contributed by atoms with Crippen LogP contribution in [-0.4, -0.2) is 59.4 Å². The lowest BCUT2D eigenvalue weighted by molar-refractivity contribution is -0.140. The van der Waals surface area contributed by atoms with E-state index in [0.717, 1.165) is 13.1 Å². The highest BCUT2D eigenvalue weighted by Crippen LogP contribution is 2.41. The van der Waals surface area contributed by atoms with Crippen molar-refractivity contribution in [3.8, 4) is 5.75 Å². The fourth-order valence-electron chi connectivity index (χ4n) is 3.99. The predicted octanol–water partition coefficient (Wildman–Crippen LogP) is 4.64. The summed E-state index contributed by atoms with van der Waals surface area (Å²) in [5, 5.41) is 11.5. The zero-order chi connectivity index (χ0) is 24.1. The number of carbonyl (C=O) groups is 2. The Labute approximate surface area is 198 Å². The van der Waals surface area contributed by atoms with Crippen molar-refractivity contribution in [2.24, 2.45) is 0 Å². The lowest BCUT2D eigenvalue weighted by Crippen LogP contribution is -2.38. The predicted molar refractivity (Wildman–Crippen MR) is 126 cm³/mol. The second-order valence-corrected chi connectivity index (χ2v) is 8.03. The third-order valence-electron chi connectivity index (χ3n) is 5.80. The third kappa shape index (κ3) is 5.04. The van der Waals surface area contributed by atoms with Gasteiger partial charge in [-0.25, -0.2) is 4.39 Å². The Morgan fingerprint density at radius 2 is 1.85 bits per heavy atom. The number of nitrogens with zero attached hydrogens (tertiary/aromatic N) is 2. The average molecular weight is 475 g/mol. The summed E-state index contributed by atoms with van der Waals surface area (Å²) < 4.78 is 20.3. The number of amides is 1. The van der Waals surface area contributed by atoms with Crippen molar-refractivity contribution in [1.29, 1.82) is 0 Å². The van der Waals surface area contributed by atoms with Gasteiger partial charge in [0, 0.05) is 24.2 Å². The molecule has 0 aliphatic carbocycles. The minimum Gasteiger partial charge on any atom is -0.507 e. The largest absolute Gasteiger partial charge is 0.507 e. The van der Waals surface area contributed by atoms with Gasteiger partial charge < -0.3 is 19.6 Å². The number of ketones is 1. The highest BCUT2D eigenvalue weighted by atomic mass is 35.5. The fourth-order valence-corrected chi connectivity index (χ4v) is 4.16. The Bertz CT molecular complexity index is 1070. The molecule has 1 saturated heterocycles. The third-order valence-corrected chi connectivity index (χ3v) is 6.11. The van der Waals surface area contributed by atoms with E-state index in [2.05, 4.69) is 4.90 Å². The Morgan fingerprint density at radius 3 is 2.48 bits per heavy atom. The quantitative estimate of drug-likeness (QED) is 0.325. The van der Waals surface area contributed by atoms with E-state index in [4.69, 9.17) is 16.3 Å². The van der Waals surface area contributed by atoms with Gasteiger partial charge in [-0.1, -0.05) is 43.6 Å².